The molecular formula is C26H28N2O4. The number of ether oxygens (including phenoxy) is 2. The number of carbonyl (C=O) groups excluding carboxylic acids is 2. The van der Waals surface area contributed by atoms with Crippen molar-refractivity contribution in [3.05, 3.63) is 83.9 Å². The molecule has 0 aliphatic rings. The van der Waals surface area contributed by atoms with Gasteiger partial charge in [-0.05, 0) is 100 Å². The highest BCUT2D eigenvalue weighted by Crippen LogP contribution is 2.19. The lowest BCUT2D eigenvalue weighted by Gasteiger charge is -2.11. The average molecular weight is 433 g/mol. The van der Waals surface area contributed by atoms with Crippen LogP contribution in [0.2, 0.25) is 0 Å². The summed E-state index contributed by atoms with van der Waals surface area (Å²) in [7, 11) is 0. The molecular weight excluding hydrogens is 404 g/mol. The van der Waals surface area contributed by atoms with E-state index in [0.29, 0.717) is 22.5 Å². The molecule has 0 aliphatic heterocycles. The number of carbonyl (C=O) groups is 2. The Bertz CT molecular complexity index is 954. The maximum absolute atomic E-state index is 12.5. The van der Waals surface area contributed by atoms with Crippen LogP contribution in [-0.2, 0) is 0 Å². The van der Waals surface area contributed by atoms with Crippen LogP contribution < -0.4 is 20.1 Å². The van der Waals surface area contributed by atoms with Crippen molar-refractivity contribution < 1.29 is 19.1 Å². The highest BCUT2D eigenvalue weighted by Gasteiger charge is 2.09. The number of hydrogen-bond donors (Lipinski definition) is 2. The Balaban J connectivity index is 1.56. The first-order valence-electron chi connectivity index (χ1n) is 10.6. The molecule has 3 aromatic rings. The molecule has 32 heavy (non-hydrogen) atoms. The van der Waals surface area contributed by atoms with Crippen LogP contribution in [0.5, 0.6) is 11.5 Å². The van der Waals surface area contributed by atoms with E-state index in [9.17, 15) is 9.59 Å². The first-order chi connectivity index (χ1) is 15.3. The molecule has 2 N–H and O–H groups in total. The SMILES string of the molecule is CC(C)Oc1ccc(C(=O)Nc2ccc(NC(=O)c3ccc(OC(C)C)cc3)cc2)cc1. The molecule has 0 saturated heterocycles. The maximum atomic E-state index is 12.5. The van der Waals surface area contributed by atoms with Gasteiger partial charge in [-0.1, -0.05) is 0 Å². The summed E-state index contributed by atoms with van der Waals surface area (Å²) in [6, 6.07) is 20.9. The Hall–Kier alpha value is -3.80. The maximum Gasteiger partial charge on any atom is 0.255 e. The van der Waals surface area contributed by atoms with Crippen molar-refractivity contribution in [3.63, 3.8) is 0 Å². The zero-order chi connectivity index (χ0) is 23.1. The van der Waals surface area contributed by atoms with Crippen molar-refractivity contribution in [1.29, 1.82) is 0 Å². The highest BCUT2D eigenvalue weighted by atomic mass is 16.5. The fourth-order valence-corrected chi connectivity index (χ4v) is 2.96. The van der Waals surface area contributed by atoms with E-state index < -0.39 is 0 Å². The summed E-state index contributed by atoms with van der Waals surface area (Å²) in [5.41, 5.74) is 2.32. The van der Waals surface area contributed by atoms with Gasteiger partial charge >= 0.3 is 0 Å². The monoisotopic (exact) mass is 432 g/mol. The molecule has 0 aromatic heterocycles. The van der Waals surface area contributed by atoms with E-state index in [1.165, 1.54) is 0 Å². The van der Waals surface area contributed by atoms with Crippen LogP contribution in [0.4, 0.5) is 11.4 Å². The molecule has 3 rings (SSSR count). The molecule has 0 radical (unpaired) electrons. The number of benzene rings is 3. The number of rotatable bonds is 8. The normalized spacial score (nSPS) is 10.7. The molecule has 0 heterocycles. The summed E-state index contributed by atoms with van der Waals surface area (Å²) in [6.45, 7) is 7.80. The fourth-order valence-electron chi connectivity index (χ4n) is 2.96. The minimum atomic E-state index is -0.221. The van der Waals surface area contributed by atoms with Gasteiger partial charge in [-0.3, -0.25) is 9.59 Å². The Morgan fingerprint density at radius 1 is 0.562 bits per heavy atom. The zero-order valence-corrected chi connectivity index (χ0v) is 18.7. The van der Waals surface area contributed by atoms with Gasteiger partial charge in [0.15, 0.2) is 0 Å². The highest BCUT2D eigenvalue weighted by molar-refractivity contribution is 6.05. The van der Waals surface area contributed by atoms with Crippen LogP contribution in [-0.4, -0.2) is 24.0 Å². The standard InChI is InChI=1S/C26H28N2O4/c1-17(2)31-23-13-5-19(6-14-23)25(29)27-21-9-11-22(12-10-21)28-26(30)20-7-15-24(16-8-20)32-18(3)4/h5-18H,1-4H3,(H,27,29)(H,28,30). The number of anilines is 2. The molecule has 2 amide bonds. The quantitative estimate of drug-likeness (QED) is 0.474. The van der Waals surface area contributed by atoms with E-state index in [1.807, 2.05) is 27.7 Å². The molecule has 0 aliphatic carbocycles. The Labute approximate surface area is 188 Å². The topological polar surface area (TPSA) is 76.7 Å². The largest absolute Gasteiger partial charge is 0.491 e. The van der Waals surface area contributed by atoms with Crippen molar-refractivity contribution in [1.82, 2.24) is 0 Å². The average Bonchev–Trinajstić information content (AvgIpc) is 2.75. The van der Waals surface area contributed by atoms with Gasteiger partial charge in [-0.15, -0.1) is 0 Å². The Morgan fingerprint density at radius 3 is 1.16 bits per heavy atom. The van der Waals surface area contributed by atoms with E-state index in [0.717, 1.165) is 11.5 Å². The molecule has 0 bridgehead atoms. The van der Waals surface area contributed by atoms with Gasteiger partial charge in [0, 0.05) is 22.5 Å². The third kappa shape index (κ3) is 6.60. The van der Waals surface area contributed by atoms with Gasteiger partial charge in [0.25, 0.3) is 11.8 Å². The molecule has 3 aromatic carbocycles. The first kappa shape index (κ1) is 22.9. The summed E-state index contributed by atoms with van der Waals surface area (Å²) in [5, 5.41) is 5.69. The second-order valence-corrected chi connectivity index (χ2v) is 7.87. The van der Waals surface area contributed by atoms with Gasteiger partial charge in [-0.25, -0.2) is 0 Å². The molecule has 0 saturated carbocycles. The van der Waals surface area contributed by atoms with Gasteiger partial charge < -0.3 is 20.1 Å². The third-order valence-electron chi connectivity index (χ3n) is 4.38. The summed E-state index contributed by atoms with van der Waals surface area (Å²) < 4.78 is 11.2. The smallest absolute Gasteiger partial charge is 0.255 e. The lowest BCUT2D eigenvalue weighted by Crippen LogP contribution is -2.13. The summed E-state index contributed by atoms with van der Waals surface area (Å²) in [4.78, 5) is 24.9. The second-order valence-electron chi connectivity index (χ2n) is 7.87. The molecule has 0 fully saturated rings. The summed E-state index contributed by atoms with van der Waals surface area (Å²) >= 11 is 0. The predicted octanol–water partition coefficient (Wildman–Crippen LogP) is 5.77. The van der Waals surface area contributed by atoms with Gasteiger partial charge in [0.05, 0.1) is 12.2 Å². The fraction of sp³-hybridized carbons (Fsp3) is 0.231. The Kier molecular flexibility index (Phi) is 7.49. The molecule has 6 nitrogen and oxygen atoms in total. The summed E-state index contributed by atoms with van der Waals surface area (Å²) in [6.07, 6.45) is 0.152. The van der Waals surface area contributed by atoms with Crippen LogP contribution in [0.3, 0.4) is 0 Å². The van der Waals surface area contributed by atoms with Crippen LogP contribution in [0.15, 0.2) is 72.8 Å². The van der Waals surface area contributed by atoms with Crippen molar-refractivity contribution in [2.45, 2.75) is 39.9 Å². The minimum absolute atomic E-state index is 0.0759. The van der Waals surface area contributed by atoms with Gasteiger partial charge in [0.2, 0.25) is 0 Å². The van der Waals surface area contributed by atoms with Gasteiger partial charge in [-0.2, -0.15) is 0 Å². The van der Waals surface area contributed by atoms with Crippen molar-refractivity contribution >= 4 is 23.2 Å². The van der Waals surface area contributed by atoms with Crippen LogP contribution in [0, 0.1) is 0 Å². The number of hydrogen-bond acceptors (Lipinski definition) is 4. The van der Waals surface area contributed by atoms with E-state index in [4.69, 9.17) is 9.47 Å². The number of amides is 2. The lowest BCUT2D eigenvalue weighted by atomic mass is 10.2. The van der Waals surface area contributed by atoms with Crippen LogP contribution >= 0.6 is 0 Å². The van der Waals surface area contributed by atoms with Crippen molar-refractivity contribution in [3.8, 4) is 11.5 Å². The predicted molar refractivity (Wildman–Crippen MR) is 127 cm³/mol. The van der Waals surface area contributed by atoms with E-state index >= 15 is 0 Å². The van der Waals surface area contributed by atoms with Crippen molar-refractivity contribution in [2.24, 2.45) is 0 Å². The lowest BCUT2D eigenvalue weighted by molar-refractivity contribution is 0.101. The molecule has 0 unspecified atom stereocenters. The minimum Gasteiger partial charge on any atom is -0.491 e. The van der Waals surface area contributed by atoms with Crippen molar-refractivity contribution in [2.75, 3.05) is 10.6 Å². The molecule has 0 spiro atoms. The first-order valence-corrected chi connectivity index (χ1v) is 10.6. The summed E-state index contributed by atoms with van der Waals surface area (Å²) in [5.74, 6) is 1.00. The van der Waals surface area contributed by atoms with E-state index in [-0.39, 0.29) is 24.0 Å². The molecule has 6 heteroatoms. The van der Waals surface area contributed by atoms with Crippen LogP contribution in [0.25, 0.3) is 0 Å². The molecule has 0 atom stereocenters. The van der Waals surface area contributed by atoms with E-state index in [2.05, 4.69) is 10.6 Å². The van der Waals surface area contributed by atoms with Crippen LogP contribution in [0.1, 0.15) is 48.4 Å². The third-order valence-corrected chi connectivity index (χ3v) is 4.38. The Morgan fingerprint density at radius 2 is 0.875 bits per heavy atom. The molecule has 166 valence electrons. The van der Waals surface area contributed by atoms with Gasteiger partial charge in [0.1, 0.15) is 11.5 Å². The number of nitrogens with one attached hydrogen (secondary N) is 2. The second kappa shape index (κ2) is 10.5. The zero-order valence-electron chi connectivity index (χ0n) is 18.7. The van der Waals surface area contributed by atoms with E-state index in [1.54, 1.807) is 72.8 Å².